The summed E-state index contributed by atoms with van der Waals surface area (Å²) in [6.07, 6.45) is 3.30. The number of nitrogens with zero attached hydrogens (tertiary/aromatic N) is 2. The summed E-state index contributed by atoms with van der Waals surface area (Å²) in [5, 5.41) is 11.2. The van der Waals surface area contributed by atoms with Crippen LogP contribution >= 0.6 is 0 Å². The van der Waals surface area contributed by atoms with Gasteiger partial charge in [0.2, 0.25) is 5.78 Å². The number of likely N-dealkylation sites (tertiary alicyclic amines) is 1. The molecule has 9 heteroatoms. The van der Waals surface area contributed by atoms with Crippen molar-refractivity contribution in [2.24, 2.45) is 0 Å². The van der Waals surface area contributed by atoms with E-state index >= 15 is 0 Å². The number of hydrogen-bond donors (Lipinski definition) is 1. The van der Waals surface area contributed by atoms with Crippen LogP contribution in [-0.4, -0.2) is 52.2 Å². The summed E-state index contributed by atoms with van der Waals surface area (Å²) in [4.78, 5) is 51.8. The van der Waals surface area contributed by atoms with Crippen LogP contribution in [0, 0.1) is 17.0 Å². The van der Waals surface area contributed by atoms with Crippen molar-refractivity contribution in [3.8, 4) is 0 Å². The fourth-order valence-corrected chi connectivity index (χ4v) is 3.13. The van der Waals surface area contributed by atoms with E-state index in [1.165, 1.54) is 37.4 Å². The number of para-hydroxylation sites is 1. The van der Waals surface area contributed by atoms with Crippen molar-refractivity contribution in [2.45, 2.75) is 19.8 Å². The Balaban J connectivity index is 1.65. The SMILES string of the molecule is Cc1cccc(C(=O)OCC(=O)c2c[nH]c(C(=O)N3CCCC3)c2)c1[N+](=O)[O-]. The number of ketones is 1. The third-order valence-electron chi connectivity index (χ3n) is 4.60. The molecule has 1 aliphatic rings. The number of Topliss-reactive ketones (excluding diaryl/α,β-unsaturated/α-hetero) is 1. The number of carbonyl (C=O) groups excluding carboxylic acids is 3. The van der Waals surface area contributed by atoms with E-state index in [0.717, 1.165) is 12.8 Å². The molecule has 3 rings (SSSR count). The van der Waals surface area contributed by atoms with Crippen LogP contribution in [0.1, 0.15) is 49.6 Å². The fraction of sp³-hybridized carbons (Fsp3) is 0.316. The summed E-state index contributed by atoms with van der Waals surface area (Å²) in [5.41, 5.74) is 0.262. The van der Waals surface area contributed by atoms with Gasteiger partial charge in [-0.1, -0.05) is 12.1 Å². The number of ether oxygens (including phenoxy) is 1. The van der Waals surface area contributed by atoms with E-state index in [9.17, 15) is 24.5 Å². The van der Waals surface area contributed by atoms with Crippen molar-refractivity contribution < 1.29 is 24.0 Å². The maximum absolute atomic E-state index is 12.3. The van der Waals surface area contributed by atoms with Crippen molar-refractivity contribution >= 4 is 23.3 Å². The number of aromatic amines is 1. The molecule has 0 atom stereocenters. The number of aromatic nitrogens is 1. The van der Waals surface area contributed by atoms with Crippen molar-refractivity contribution in [3.05, 3.63) is 63.0 Å². The second-order valence-electron chi connectivity index (χ2n) is 6.53. The number of aryl methyl sites for hydroxylation is 1. The number of esters is 1. The van der Waals surface area contributed by atoms with Crippen molar-refractivity contribution in [3.63, 3.8) is 0 Å². The Bertz CT molecular complexity index is 943. The van der Waals surface area contributed by atoms with Crippen molar-refractivity contribution in [1.29, 1.82) is 0 Å². The van der Waals surface area contributed by atoms with Gasteiger partial charge in [0.1, 0.15) is 11.3 Å². The van der Waals surface area contributed by atoms with Gasteiger partial charge in [0, 0.05) is 30.4 Å². The molecule has 1 fully saturated rings. The highest BCUT2D eigenvalue weighted by Crippen LogP contribution is 2.23. The quantitative estimate of drug-likeness (QED) is 0.353. The molecule has 0 radical (unpaired) electrons. The zero-order valence-corrected chi connectivity index (χ0v) is 15.3. The number of hydrogen-bond acceptors (Lipinski definition) is 6. The van der Waals surface area contributed by atoms with Gasteiger partial charge in [-0.05, 0) is 31.9 Å². The maximum Gasteiger partial charge on any atom is 0.345 e. The van der Waals surface area contributed by atoms with E-state index in [2.05, 4.69) is 4.98 Å². The first-order valence-corrected chi connectivity index (χ1v) is 8.80. The zero-order valence-electron chi connectivity index (χ0n) is 15.3. The minimum absolute atomic E-state index is 0.177. The summed E-state index contributed by atoms with van der Waals surface area (Å²) in [5.74, 6) is -1.64. The molecule has 0 bridgehead atoms. The summed E-state index contributed by atoms with van der Waals surface area (Å²) in [6.45, 7) is 2.31. The first-order chi connectivity index (χ1) is 13.4. The fourth-order valence-electron chi connectivity index (χ4n) is 3.13. The van der Waals surface area contributed by atoms with Crippen LogP contribution in [-0.2, 0) is 4.74 Å². The monoisotopic (exact) mass is 385 g/mol. The molecule has 1 N–H and O–H groups in total. The lowest BCUT2D eigenvalue weighted by Crippen LogP contribution is -2.27. The third kappa shape index (κ3) is 3.93. The zero-order chi connectivity index (χ0) is 20.3. The molecule has 28 heavy (non-hydrogen) atoms. The van der Waals surface area contributed by atoms with Gasteiger partial charge >= 0.3 is 5.97 Å². The molecule has 0 saturated carbocycles. The summed E-state index contributed by atoms with van der Waals surface area (Å²) >= 11 is 0. The third-order valence-corrected chi connectivity index (χ3v) is 4.60. The average Bonchev–Trinajstić information content (AvgIpc) is 3.36. The van der Waals surface area contributed by atoms with E-state index in [-0.39, 0.29) is 22.7 Å². The van der Waals surface area contributed by atoms with E-state index in [4.69, 9.17) is 4.74 Å². The summed E-state index contributed by atoms with van der Waals surface area (Å²) in [7, 11) is 0. The van der Waals surface area contributed by atoms with E-state index in [1.807, 2.05) is 0 Å². The number of nitro benzene ring substituents is 1. The molecule has 1 amide bonds. The van der Waals surface area contributed by atoms with Crippen molar-refractivity contribution in [2.75, 3.05) is 19.7 Å². The van der Waals surface area contributed by atoms with Crippen LogP contribution < -0.4 is 0 Å². The average molecular weight is 385 g/mol. The van der Waals surface area contributed by atoms with Gasteiger partial charge in [-0.3, -0.25) is 19.7 Å². The molecule has 1 aromatic carbocycles. The predicted octanol–water partition coefficient (Wildman–Crippen LogP) is 2.51. The Kier molecular flexibility index (Phi) is 5.53. The molecule has 1 aromatic heterocycles. The summed E-state index contributed by atoms with van der Waals surface area (Å²) < 4.78 is 4.96. The first-order valence-electron chi connectivity index (χ1n) is 8.80. The largest absolute Gasteiger partial charge is 0.454 e. The molecule has 1 aliphatic heterocycles. The van der Waals surface area contributed by atoms with Crippen molar-refractivity contribution in [1.82, 2.24) is 9.88 Å². The highest BCUT2D eigenvalue weighted by molar-refractivity contribution is 6.02. The Hall–Kier alpha value is -3.49. The van der Waals surface area contributed by atoms with Gasteiger partial charge in [-0.25, -0.2) is 4.79 Å². The molecule has 0 aliphatic carbocycles. The number of carbonyl (C=O) groups is 3. The minimum Gasteiger partial charge on any atom is -0.454 e. The molecule has 1 saturated heterocycles. The van der Waals surface area contributed by atoms with Crippen LogP contribution in [0.4, 0.5) is 5.69 Å². The van der Waals surface area contributed by atoms with Gasteiger partial charge in [-0.2, -0.15) is 0 Å². The van der Waals surface area contributed by atoms with Crippen LogP contribution in [0.5, 0.6) is 0 Å². The maximum atomic E-state index is 12.3. The van der Waals surface area contributed by atoms with Crippen LogP contribution in [0.3, 0.4) is 0 Å². The second-order valence-corrected chi connectivity index (χ2v) is 6.53. The van der Waals surface area contributed by atoms with Gasteiger partial charge in [0.05, 0.1) is 4.92 Å². The topological polar surface area (TPSA) is 123 Å². The Morgan fingerprint density at radius 3 is 2.64 bits per heavy atom. The van der Waals surface area contributed by atoms with Gasteiger partial charge < -0.3 is 14.6 Å². The molecular weight excluding hydrogens is 366 g/mol. The first kappa shape index (κ1) is 19.3. The van der Waals surface area contributed by atoms with E-state index in [0.29, 0.717) is 24.3 Å². The van der Waals surface area contributed by atoms with Crippen LogP contribution in [0.2, 0.25) is 0 Å². The highest BCUT2D eigenvalue weighted by atomic mass is 16.6. The number of benzene rings is 1. The number of H-pyrrole nitrogens is 1. The van der Waals surface area contributed by atoms with E-state index < -0.39 is 23.3 Å². The second kappa shape index (κ2) is 8.03. The lowest BCUT2D eigenvalue weighted by atomic mass is 10.1. The van der Waals surface area contributed by atoms with Gasteiger partial charge in [-0.15, -0.1) is 0 Å². The Morgan fingerprint density at radius 2 is 1.96 bits per heavy atom. The van der Waals surface area contributed by atoms with Gasteiger partial charge in [0.25, 0.3) is 11.6 Å². The van der Waals surface area contributed by atoms with Crippen LogP contribution in [0.15, 0.2) is 30.5 Å². The smallest absolute Gasteiger partial charge is 0.345 e. The number of amides is 1. The van der Waals surface area contributed by atoms with Crippen LogP contribution in [0.25, 0.3) is 0 Å². The highest BCUT2D eigenvalue weighted by Gasteiger charge is 2.25. The number of rotatable bonds is 6. The lowest BCUT2D eigenvalue weighted by Gasteiger charge is -2.13. The lowest BCUT2D eigenvalue weighted by molar-refractivity contribution is -0.385. The minimum atomic E-state index is -0.951. The normalized spacial score (nSPS) is 13.4. The Labute approximate surface area is 160 Å². The molecule has 0 unspecified atom stereocenters. The molecular formula is C19H19N3O6. The number of nitro groups is 1. The molecule has 2 heterocycles. The number of nitrogens with one attached hydrogen (secondary N) is 1. The molecule has 2 aromatic rings. The molecule has 9 nitrogen and oxygen atoms in total. The van der Waals surface area contributed by atoms with E-state index in [1.54, 1.807) is 4.90 Å². The molecule has 146 valence electrons. The predicted molar refractivity (Wildman–Crippen MR) is 98.4 cm³/mol. The van der Waals surface area contributed by atoms with Gasteiger partial charge in [0.15, 0.2) is 6.61 Å². The standard InChI is InChI=1S/C19H19N3O6/c1-12-5-4-6-14(17(12)22(26)27)19(25)28-11-16(23)13-9-15(20-10-13)18(24)21-7-2-3-8-21/h4-6,9-10,20H,2-3,7-8,11H2,1H3. The molecule has 0 spiro atoms. The Morgan fingerprint density at radius 1 is 1.25 bits per heavy atom. The summed E-state index contributed by atoms with van der Waals surface area (Å²) in [6, 6.07) is 5.72.